The average Bonchev–Trinajstić information content (AvgIpc) is 3.65. The first-order chi connectivity index (χ1) is 20.7. The summed E-state index contributed by atoms with van der Waals surface area (Å²) in [7, 11) is 0. The maximum atomic E-state index is 14.2. The van der Waals surface area contributed by atoms with Crippen molar-refractivity contribution in [2.45, 2.75) is 53.6 Å². The standard InChI is InChI=1S/C33H34N8O2/c1-5-19-39-30-28(31(42)41(32(39)43)24-11-7-6-8-12-24)40(27(34-30)20-33(2,3)4)21-22-15-17-23(18-16-22)25-13-9-10-14-26(25)29-35-37-38-36-29/h6-18H,5,19-21H2,1-4H3,(H,35,36,37,38). The van der Waals surface area contributed by atoms with Gasteiger partial charge >= 0.3 is 5.69 Å². The molecule has 43 heavy (non-hydrogen) atoms. The lowest BCUT2D eigenvalue weighted by molar-refractivity contribution is 0.394. The molecule has 0 saturated carbocycles. The number of tetrazole rings is 1. The molecule has 0 aliphatic heterocycles. The topological polar surface area (TPSA) is 116 Å². The van der Waals surface area contributed by atoms with Gasteiger partial charge in [-0.2, -0.15) is 0 Å². The van der Waals surface area contributed by atoms with Crippen molar-refractivity contribution in [2.75, 3.05) is 0 Å². The highest BCUT2D eigenvalue weighted by atomic mass is 16.2. The lowest BCUT2D eigenvalue weighted by Crippen LogP contribution is -2.39. The molecule has 0 fully saturated rings. The molecular weight excluding hydrogens is 540 g/mol. The molecule has 218 valence electrons. The maximum absolute atomic E-state index is 14.2. The van der Waals surface area contributed by atoms with Gasteiger partial charge in [-0.25, -0.2) is 19.4 Å². The fourth-order valence-corrected chi connectivity index (χ4v) is 5.49. The number of rotatable bonds is 8. The molecule has 0 bridgehead atoms. The van der Waals surface area contributed by atoms with Gasteiger partial charge in [0.05, 0.1) is 5.69 Å². The van der Waals surface area contributed by atoms with Gasteiger partial charge in [-0.15, -0.1) is 5.10 Å². The van der Waals surface area contributed by atoms with Gasteiger partial charge < -0.3 is 4.57 Å². The second-order valence-corrected chi connectivity index (χ2v) is 11.9. The van der Waals surface area contributed by atoms with Crippen LogP contribution in [-0.4, -0.2) is 39.3 Å². The summed E-state index contributed by atoms with van der Waals surface area (Å²) >= 11 is 0. The van der Waals surface area contributed by atoms with Crippen molar-refractivity contribution < 1.29 is 0 Å². The number of H-pyrrole nitrogens is 1. The highest BCUT2D eigenvalue weighted by Gasteiger charge is 2.25. The highest BCUT2D eigenvalue weighted by Crippen LogP contribution is 2.30. The summed E-state index contributed by atoms with van der Waals surface area (Å²) in [5, 5.41) is 14.4. The van der Waals surface area contributed by atoms with Crippen LogP contribution < -0.4 is 11.2 Å². The van der Waals surface area contributed by atoms with Gasteiger partial charge in [0.25, 0.3) is 5.56 Å². The summed E-state index contributed by atoms with van der Waals surface area (Å²) in [4.78, 5) is 32.8. The SMILES string of the molecule is CCCn1c(=O)n(-c2ccccc2)c(=O)c2c1nc(CC(C)(C)C)n2Cc1ccc(-c2ccccc2-c2nnn[nH]2)cc1. The number of hydrogen-bond acceptors (Lipinski definition) is 6. The van der Waals surface area contributed by atoms with E-state index < -0.39 is 0 Å². The number of fused-ring (bicyclic) bond motifs is 1. The fraction of sp³-hybridized carbons (Fsp3) is 0.273. The summed E-state index contributed by atoms with van der Waals surface area (Å²) in [5.41, 5.74) is 4.53. The summed E-state index contributed by atoms with van der Waals surface area (Å²) in [6.07, 6.45) is 1.37. The van der Waals surface area contributed by atoms with Gasteiger partial charge in [-0.05, 0) is 51.1 Å². The molecule has 10 heteroatoms. The molecule has 6 aromatic rings. The summed E-state index contributed by atoms with van der Waals surface area (Å²) in [6.45, 7) is 9.35. The number of aryl methyl sites for hydroxylation is 1. The lowest BCUT2D eigenvalue weighted by atomic mass is 9.92. The smallest absolute Gasteiger partial charge is 0.318 e. The Kier molecular flexibility index (Phi) is 7.35. The van der Waals surface area contributed by atoms with Crippen molar-refractivity contribution in [1.82, 2.24) is 39.3 Å². The van der Waals surface area contributed by atoms with Crippen molar-refractivity contribution in [3.05, 3.63) is 111 Å². The molecule has 3 aromatic heterocycles. The summed E-state index contributed by atoms with van der Waals surface area (Å²) in [6, 6.07) is 25.3. The van der Waals surface area contributed by atoms with Crippen LogP contribution in [-0.2, 0) is 19.5 Å². The second-order valence-electron chi connectivity index (χ2n) is 11.9. The van der Waals surface area contributed by atoms with E-state index in [0.717, 1.165) is 34.5 Å². The quantitative estimate of drug-likeness (QED) is 0.266. The molecule has 3 heterocycles. The van der Waals surface area contributed by atoms with Crippen LogP contribution >= 0.6 is 0 Å². The van der Waals surface area contributed by atoms with E-state index in [-0.39, 0.29) is 16.7 Å². The largest absolute Gasteiger partial charge is 0.337 e. The molecule has 0 aliphatic carbocycles. The van der Waals surface area contributed by atoms with Crippen LogP contribution in [0.1, 0.15) is 45.5 Å². The third-order valence-electron chi connectivity index (χ3n) is 7.39. The Morgan fingerprint density at radius 2 is 1.53 bits per heavy atom. The van der Waals surface area contributed by atoms with Gasteiger partial charge in [0.15, 0.2) is 17.0 Å². The summed E-state index contributed by atoms with van der Waals surface area (Å²) in [5.74, 6) is 1.38. The number of hydrogen-bond donors (Lipinski definition) is 1. The number of nitrogens with one attached hydrogen (secondary N) is 1. The minimum Gasteiger partial charge on any atom is -0.318 e. The number of para-hydroxylation sites is 1. The minimum atomic E-state index is -0.373. The zero-order valence-electron chi connectivity index (χ0n) is 24.8. The van der Waals surface area contributed by atoms with Gasteiger partial charge in [0.2, 0.25) is 0 Å². The van der Waals surface area contributed by atoms with Gasteiger partial charge in [0, 0.05) is 25.1 Å². The molecule has 0 amide bonds. The Morgan fingerprint density at radius 3 is 2.19 bits per heavy atom. The fourth-order valence-electron chi connectivity index (χ4n) is 5.49. The van der Waals surface area contributed by atoms with E-state index in [2.05, 4.69) is 65.7 Å². The van der Waals surface area contributed by atoms with Crippen molar-refractivity contribution in [2.24, 2.45) is 5.41 Å². The number of imidazole rings is 1. The predicted octanol–water partition coefficient (Wildman–Crippen LogP) is 5.24. The molecule has 0 saturated heterocycles. The average molecular weight is 575 g/mol. The monoisotopic (exact) mass is 574 g/mol. The van der Waals surface area contributed by atoms with Gasteiger partial charge in [-0.1, -0.05) is 94.4 Å². The molecule has 0 spiro atoms. The van der Waals surface area contributed by atoms with Crippen LogP contribution in [0.25, 0.3) is 39.4 Å². The number of nitrogens with zero attached hydrogens (tertiary/aromatic N) is 7. The van der Waals surface area contributed by atoms with E-state index in [0.29, 0.717) is 42.2 Å². The third kappa shape index (κ3) is 5.43. The molecule has 0 radical (unpaired) electrons. The van der Waals surface area contributed by atoms with Crippen LogP contribution in [0.15, 0.2) is 88.5 Å². The first-order valence-corrected chi connectivity index (χ1v) is 14.5. The van der Waals surface area contributed by atoms with Crippen molar-refractivity contribution in [1.29, 1.82) is 0 Å². The zero-order valence-corrected chi connectivity index (χ0v) is 24.8. The highest BCUT2D eigenvalue weighted by molar-refractivity contribution is 5.80. The van der Waals surface area contributed by atoms with Crippen molar-refractivity contribution >= 4 is 11.2 Å². The van der Waals surface area contributed by atoms with E-state index in [4.69, 9.17) is 4.98 Å². The Balaban J connectivity index is 1.49. The number of aromatic nitrogens is 8. The van der Waals surface area contributed by atoms with E-state index in [1.165, 1.54) is 4.57 Å². The van der Waals surface area contributed by atoms with E-state index in [9.17, 15) is 9.59 Å². The Morgan fingerprint density at radius 1 is 0.837 bits per heavy atom. The molecular formula is C33H34N8O2. The maximum Gasteiger partial charge on any atom is 0.337 e. The van der Waals surface area contributed by atoms with Crippen LogP contribution in [0.4, 0.5) is 0 Å². The Hall–Kier alpha value is -5.12. The van der Waals surface area contributed by atoms with Gasteiger partial charge in [-0.3, -0.25) is 9.36 Å². The third-order valence-corrected chi connectivity index (χ3v) is 7.39. The number of aromatic amines is 1. The Bertz CT molecular complexity index is 2000. The number of benzene rings is 3. The lowest BCUT2D eigenvalue weighted by Gasteiger charge is -2.19. The van der Waals surface area contributed by atoms with Crippen molar-refractivity contribution in [3.8, 4) is 28.2 Å². The molecule has 0 aliphatic rings. The molecule has 3 aromatic carbocycles. The molecule has 10 nitrogen and oxygen atoms in total. The normalized spacial score (nSPS) is 11.8. The van der Waals surface area contributed by atoms with Crippen molar-refractivity contribution in [3.63, 3.8) is 0 Å². The second kappa shape index (κ2) is 11.3. The molecule has 0 unspecified atom stereocenters. The van der Waals surface area contributed by atoms with Crippen LogP contribution in [0, 0.1) is 5.41 Å². The Labute approximate surface area is 248 Å². The van der Waals surface area contributed by atoms with E-state index >= 15 is 0 Å². The van der Waals surface area contributed by atoms with E-state index in [1.807, 2.05) is 54.0 Å². The first-order valence-electron chi connectivity index (χ1n) is 14.5. The van der Waals surface area contributed by atoms with E-state index in [1.54, 1.807) is 16.7 Å². The molecule has 6 rings (SSSR count). The van der Waals surface area contributed by atoms with Crippen LogP contribution in [0.3, 0.4) is 0 Å². The first kappa shape index (κ1) is 28.0. The minimum absolute atomic E-state index is 0.0867. The van der Waals surface area contributed by atoms with Gasteiger partial charge in [0.1, 0.15) is 5.82 Å². The molecule has 0 atom stereocenters. The zero-order chi connectivity index (χ0) is 30.1. The predicted molar refractivity (Wildman–Crippen MR) is 167 cm³/mol. The summed E-state index contributed by atoms with van der Waals surface area (Å²) < 4.78 is 4.91. The molecule has 1 N–H and O–H groups in total. The van der Waals surface area contributed by atoms with Crippen LogP contribution in [0.2, 0.25) is 0 Å². The van der Waals surface area contributed by atoms with Crippen LogP contribution in [0.5, 0.6) is 0 Å².